The minimum absolute atomic E-state index is 0.292. The summed E-state index contributed by atoms with van der Waals surface area (Å²) in [6.45, 7) is 15.4. The van der Waals surface area contributed by atoms with Crippen LogP contribution in [0, 0.1) is 0 Å². The van der Waals surface area contributed by atoms with E-state index in [0.717, 1.165) is 12.5 Å². The minimum atomic E-state index is -1.50. The van der Waals surface area contributed by atoms with E-state index in [1.165, 1.54) is 0 Å². The van der Waals surface area contributed by atoms with Gasteiger partial charge in [0.2, 0.25) is 0 Å². The summed E-state index contributed by atoms with van der Waals surface area (Å²) in [7, 11) is -2.10. The molecule has 0 rings (SSSR count). The second-order valence-corrected chi connectivity index (χ2v) is 12.1. The highest BCUT2D eigenvalue weighted by Crippen LogP contribution is 2.14. The predicted octanol–water partition coefficient (Wildman–Crippen LogP) is 2.99. The molecule has 0 atom stereocenters. The summed E-state index contributed by atoms with van der Waals surface area (Å²) in [4.78, 5) is 11.1. The van der Waals surface area contributed by atoms with Crippen LogP contribution in [0.5, 0.6) is 0 Å². The predicted molar refractivity (Wildman–Crippen MR) is 82.1 cm³/mol. The lowest BCUT2D eigenvalue weighted by Crippen LogP contribution is -2.35. The topological polar surface area (TPSA) is 44.8 Å². The number of esters is 1. The molecule has 19 heavy (non-hydrogen) atoms. The molecular weight excluding hydrogens is 276 g/mol. The Kier molecular flexibility index (Phi) is 9.25. The summed E-state index contributed by atoms with van der Waals surface area (Å²) in [5, 5.41) is 0. The van der Waals surface area contributed by atoms with Gasteiger partial charge in [0, 0.05) is 12.2 Å². The number of hydrogen-bond acceptors (Lipinski definition) is 4. The second kappa shape index (κ2) is 9.46. The van der Waals surface area contributed by atoms with E-state index in [-0.39, 0.29) is 5.97 Å². The van der Waals surface area contributed by atoms with E-state index < -0.39 is 17.4 Å². The third-order valence-electron chi connectivity index (χ3n) is 2.36. The zero-order valence-electron chi connectivity index (χ0n) is 12.9. The molecule has 0 aromatic heterocycles. The Labute approximate surface area is 120 Å². The zero-order chi connectivity index (χ0) is 14.9. The number of rotatable bonds is 10. The third-order valence-corrected chi connectivity index (χ3v) is 7.76. The van der Waals surface area contributed by atoms with Gasteiger partial charge in [-0.05, 0) is 45.6 Å². The van der Waals surface area contributed by atoms with E-state index in [0.29, 0.717) is 25.4 Å². The van der Waals surface area contributed by atoms with Gasteiger partial charge < -0.3 is 13.6 Å². The molecule has 6 heteroatoms. The van der Waals surface area contributed by atoms with Crippen LogP contribution in [0.15, 0.2) is 12.2 Å². The van der Waals surface area contributed by atoms with Gasteiger partial charge in [0.25, 0.3) is 0 Å². The van der Waals surface area contributed by atoms with Gasteiger partial charge in [0.15, 0.2) is 17.4 Å². The summed E-state index contributed by atoms with van der Waals surface area (Å²) in [6.07, 6.45) is 1.00. The van der Waals surface area contributed by atoms with Crippen LogP contribution in [0.1, 0.15) is 13.3 Å². The standard InChI is InChI=1S/C13H27O4Si2/c1-12(2)13(14)16-10-9-15-8-7-11-19(5,6)17-18(3)4/h1,7-11H2,2-6H3. The van der Waals surface area contributed by atoms with Gasteiger partial charge in [-0.15, -0.1) is 0 Å². The Balaban J connectivity index is 3.50. The van der Waals surface area contributed by atoms with Gasteiger partial charge in [0.05, 0.1) is 6.61 Å². The lowest BCUT2D eigenvalue weighted by molar-refractivity contribution is -0.140. The summed E-state index contributed by atoms with van der Waals surface area (Å²) < 4.78 is 16.4. The van der Waals surface area contributed by atoms with Gasteiger partial charge in [0.1, 0.15) is 6.61 Å². The molecule has 1 radical (unpaired) electrons. The van der Waals surface area contributed by atoms with E-state index >= 15 is 0 Å². The first kappa shape index (κ1) is 18.6. The summed E-state index contributed by atoms with van der Waals surface area (Å²) in [5.74, 6) is -0.355. The molecule has 4 nitrogen and oxygen atoms in total. The van der Waals surface area contributed by atoms with Gasteiger partial charge >= 0.3 is 5.97 Å². The van der Waals surface area contributed by atoms with Crippen molar-refractivity contribution < 1.29 is 18.4 Å². The Bertz CT molecular complexity index is 290. The molecule has 0 aliphatic carbocycles. The van der Waals surface area contributed by atoms with Crippen LogP contribution in [-0.4, -0.2) is 43.1 Å². The molecule has 0 amide bonds. The first-order chi connectivity index (χ1) is 8.74. The Morgan fingerprint density at radius 1 is 1.21 bits per heavy atom. The fourth-order valence-corrected chi connectivity index (χ4v) is 7.45. The summed E-state index contributed by atoms with van der Waals surface area (Å²) in [6, 6.07) is 1.11. The van der Waals surface area contributed by atoms with Crippen LogP contribution < -0.4 is 0 Å². The number of carbonyl (C=O) groups excluding carboxylic acids is 1. The van der Waals surface area contributed by atoms with Gasteiger partial charge in [-0.25, -0.2) is 4.79 Å². The highest BCUT2D eigenvalue weighted by Gasteiger charge is 2.23. The quantitative estimate of drug-likeness (QED) is 0.269. The minimum Gasteiger partial charge on any atom is -0.460 e. The highest BCUT2D eigenvalue weighted by molar-refractivity contribution is 6.77. The van der Waals surface area contributed by atoms with Gasteiger partial charge in [-0.1, -0.05) is 6.58 Å². The van der Waals surface area contributed by atoms with Crippen molar-refractivity contribution in [3.8, 4) is 0 Å². The summed E-state index contributed by atoms with van der Waals surface area (Å²) in [5.41, 5.74) is 0.418. The molecule has 0 bridgehead atoms. The molecule has 0 N–H and O–H groups in total. The maximum atomic E-state index is 11.1. The molecule has 0 fully saturated rings. The molecule has 0 heterocycles. The maximum Gasteiger partial charge on any atom is 0.333 e. The highest BCUT2D eigenvalue weighted by atomic mass is 28.4. The van der Waals surface area contributed by atoms with Crippen molar-refractivity contribution in [1.82, 2.24) is 0 Å². The van der Waals surface area contributed by atoms with Gasteiger partial charge in [-0.2, -0.15) is 0 Å². The largest absolute Gasteiger partial charge is 0.460 e. The van der Waals surface area contributed by atoms with Crippen LogP contribution in [-0.2, 0) is 18.4 Å². The second-order valence-electron chi connectivity index (χ2n) is 5.40. The van der Waals surface area contributed by atoms with E-state index in [9.17, 15) is 4.79 Å². The Morgan fingerprint density at radius 2 is 1.84 bits per heavy atom. The molecule has 0 unspecified atom stereocenters. The van der Waals surface area contributed by atoms with E-state index in [4.69, 9.17) is 13.6 Å². The van der Waals surface area contributed by atoms with Crippen molar-refractivity contribution >= 4 is 23.3 Å². The fourth-order valence-electron chi connectivity index (χ4n) is 1.62. The van der Waals surface area contributed by atoms with Gasteiger partial charge in [-0.3, -0.25) is 0 Å². The Hall–Kier alpha value is -0.436. The Morgan fingerprint density at radius 3 is 2.37 bits per heavy atom. The number of ether oxygens (including phenoxy) is 2. The van der Waals surface area contributed by atoms with Crippen LogP contribution >= 0.6 is 0 Å². The molecule has 0 spiro atoms. The van der Waals surface area contributed by atoms with Crippen LogP contribution in [0.4, 0.5) is 0 Å². The van der Waals surface area contributed by atoms with Crippen molar-refractivity contribution in [2.45, 2.75) is 45.6 Å². The van der Waals surface area contributed by atoms with Crippen molar-refractivity contribution in [3.05, 3.63) is 12.2 Å². The molecule has 0 saturated carbocycles. The third kappa shape index (κ3) is 11.1. The average molecular weight is 304 g/mol. The lowest BCUT2D eigenvalue weighted by Gasteiger charge is -2.25. The maximum absolute atomic E-state index is 11.1. The van der Waals surface area contributed by atoms with Crippen molar-refractivity contribution in [2.75, 3.05) is 19.8 Å². The SMILES string of the molecule is C=C(C)C(=O)OCCOCCC[Si](C)(C)O[Si](C)C. The molecule has 0 aromatic carbocycles. The smallest absolute Gasteiger partial charge is 0.333 e. The van der Waals surface area contributed by atoms with E-state index in [2.05, 4.69) is 32.8 Å². The zero-order valence-corrected chi connectivity index (χ0v) is 14.9. The van der Waals surface area contributed by atoms with E-state index in [1.54, 1.807) is 6.92 Å². The first-order valence-electron chi connectivity index (χ1n) is 6.64. The fraction of sp³-hybridized carbons (Fsp3) is 0.769. The molecule has 0 saturated heterocycles. The monoisotopic (exact) mass is 303 g/mol. The van der Waals surface area contributed by atoms with Crippen LogP contribution in [0.25, 0.3) is 0 Å². The summed E-state index contributed by atoms with van der Waals surface area (Å²) >= 11 is 0. The molecular formula is C13H27O4Si2. The van der Waals surface area contributed by atoms with Crippen molar-refractivity contribution in [3.63, 3.8) is 0 Å². The van der Waals surface area contributed by atoms with Crippen LogP contribution in [0.2, 0.25) is 32.2 Å². The number of hydrogen-bond donors (Lipinski definition) is 0. The average Bonchev–Trinajstić information content (AvgIpc) is 2.25. The van der Waals surface area contributed by atoms with Crippen LogP contribution in [0.3, 0.4) is 0 Å². The molecule has 0 aliphatic rings. The van der Waals surface area contributed by atoms with Crippen molar-refractivity contribution in [1.29, 1.82) is 0 Å². The normalized spacial score (nSPS) is 11.7. The lowest BCUT2D eigenvalue weighted by atomic mass is 10.4. The van der Waals surface area contributed by atoms with E-state index in [1.807, 2.05) is 0 Å². The molecule has 111 valence electrons. The van der Waals surface area contributed by atoms with Crippen molar-refractivity contribution in [2.24, 2.45) is 0 Å². The number of carbonyl (C=O) groups is 1. The molecule has 0 aliphatic heterocycles. The molecule has 0 aromatic rings. The first-order valence-corrected chi connectivity index (χ1v) is 12.2.